The minimum Gasteiger partial charge on any atom is -0.454 e. The van der Waals surface area contributed by atoms with Crippen molar-refractivity contribution in [1.29, 1.82) is 5.26 Å². The summed E-state index contributed by atoms with van der Waals surface area (Å²) in [4.78, 5) is 45.0. The van der Waals surface area contributed by atoms with Crippen LogP contribution in [0.2, 0.25) is 0 Å². The number of carbonyl (C=O) groups is 3. The van der Waals surface area contributed by atoms with Gasteiger partial charge in [0.05, 0.1) is 23.3 Å². The largest absolute Gasteiger partial charge is 0.454 e. The highest BCUT2D eigenvalue weighted by molar-refractivity contribution is 7.17. The molecule has 9 heteroatoms. The van der Waals surface area contributed by atoms with Crippen molar-refractivity contribution in [3.63, 3.8) is 0 Å². The van der Waals surface area contributed by atoms with Gasteiger partial charge in [-0.05, 0) is 64.9 Å². The number of imide groups is 1. The zero-order valence-electron chi connectivity index (χ0n) is 22.7. The van der Waals surface area contributed by atoms with Crippen LogP contribution in [0, 0.1) is 29.1 Å². The van der Waals surface area contributed by atoms with Crippen LogP contribution in [0.3, 0.4) is 0 Å². The maximum Gasteiger partial charge on any atom is 0.319 e. The predicted octanol–water partition coefficient (Wildman–Crippen LogP) is 5.51. The van der Waals surface area contributed by atoms with Gasteiger partial charge >= 0.3 is 5.97 Å². The number of allylic oxidation sites excluding steroid dienone is 1. The molecule has 3 aromatic carbocycles. The molecule has 0 spiro atoms. The van der Waals surface area contributed by atoms with Gasteiger partial charge in [-0.2, -0.15) is 5.26 Å². The van der Waals surface area contributed by atoms with Crippen LogP contribution in [0.1, 0.15) is 39.5 Å². The van der Waals surface area contributed by atoms with E-state index in [9.17, 15) is 19.6 Å². The number of carbonyl (C=O) groups excluding carboxylic acids is 3. The van der Waals surface area contributed by atoms with E-state index >= 15 is 0 Å². The highest BCUT2D eigenvalue weighted by atomic mass is 32.1. The number of nitriles is 1. The fourth-order valence-corrected chi connectivity index (χ4v) is 8.99. The fourth-order valence-electron chi connectivity index (χ4n) is 7.64. The first-order valence-corrected chi connectivity index (χ1v) is 15.1. The summed E-state index contributed by atoms with van der Waals surface area (Å²) in [5.41, 5.74) is 3.56. The molecule has 1 fully saturated rings. The van der Waals surface area contributed by atoms with Crippen molar-refractivity contribution in [3.05, 3.63) is 87.8 Å². The summed E-state index contributed by atoms with van der Waals surface area (Å²) in [7, 11) is 0. The molecule has 1 aromatic heterocycles. The van der Waals surface area contributed by atoms with E-state index in [4.69, 9.17) is 14.2 Å². The predicted molar refractivity (Wildman–Crippen MR) is 157 cm³/mol. The normalized spacial score (nSPS) is 24.7. The van der Waals surface area contributed by atoms with Gasteiger partial charge in [0, 0.05) is 16.4 Å². The molecule has 1 saturated heterocycles. The molecule has 0 bridgehead atoms. The van der Waals surface area contributed by atoms with Crippen LogP contribution in [0.5, 0.6) is 17.2 Å². The number of aryl methyl sites for hydroxylation is 1. The van der Waals surface area contributed by atoms with Gasteiger partial charge in [0.2, 0.25) is 18.6 Å². The lowest BCUT2D eigenvalue weighted by Gasteiger charge is -2.38. The van der Waals surface area contributed by atoms with Gasteiger partial charge in [-0.3, -0.25) is 14.4 Å². The number of benzene rings is 3. The number of nitrogens with zero attached hydrogens (tertiary/aromatic N) is 2. The van der Waals surface area contributed by atoms with Crippen LogP contribution >= 0.6 is 11.3 Å². The Morgan fingerprint density at radius 3 is 2.60 bits per heavy atom. The van der Waals surface area contributed by atoms with Crippen LogP contribution in [0.15, 0.2) is 60.7 Å². The number of esters is 1. The first kappa shape index (κ1) is 24.6. The van der Waals surface area contributed by atoms with Crippen molar-refractivity contribution < 1.29 is 28.6 Å². The van der Waals surface area contributed by atoms with Crippen molar-refractivity contribution in [2.75, 3.05) is 11.7 Å². The molecule has 0 unspecified atom stereocenters. The first-order valence-electron chi connectivity index (χ1n) is 14.3. The molecular formula is C34H22N2O6S. The first-order chi connectivity index (χ1) is 21.0. The Kier molecular flexibility index (Phi) is 5.03. The van der Waals surface area contributed by atoms with E-state index in [1.165, 1.54) is 16.2 Å². The second-order valence-electron chi connectivity index (χ2n) is 11.5. The van der Waals surface area contributed by atoms with Crippen LogP contribution in [-0.2, 0) is 27.2 Å². The summed E-state index contributed by atoms with van der Waals surface area (Å²) in [5.74, 6) is -3.17. The van der Waals surface area contributed by atoms with E-state index in [0.29, 0.717) is 33.4 Å². The molecular weight excluding hydrogens is 564 g/mol. The number of ether oxygens (including phenoxy) is 3. The summed E-state index contributed by atoms with van der Waals surface area (Å²) < 4.78 is 17.1. The molecule has 9 rings (SSSR count). The van der Waals surface area contributed by atoms with E-state index in [2.05, 4.69) is 6.07 Å². The molecule has 4 aromatic rings. The Hall–Kier alpha value is -4.94. The molecule has 4 heterocycles. The molecule has 0 saturated carbocycles. The molecule has 5 aliphatic rings. The van der Waals surface area contributed by atoms with Crippen LogP contribution in [-0.4, -0.2) is 24.6 Å². The third kappa shape index (κ3) is 3.27. The van der Waals surface area contributed by atoms with E-state index in [1.54, 1.807) is 6.07 Å². The quantitative estimate of drug-likeness (QED) is 0.173. The average Bonchev–Trinajstić information content (AvgIpc) is 3.79. The van der Waals surface area contributed by atoms with Gasteiger partial charge in [0.15, 0.2) is 11.5 Å². The number of anilines is 1. The summed E-state index contributed by atoms with van der Waals surface area (Å²) in [5, 5.41) is 12.4. The van der Waals surface area contributed by atoms with Gasteiger partial charge < -0.3 is 14.2 Å². The Labute approximate surface area is 249 Å². The van der Waals surface area contributed by atoms with Gasteiger partial charge in [0.25, 0.3) is 0 Å². The van der Waals surface area contributed by atoms with Crippen molar-refractivity contribution in [3.8, 4) is 23.3 Å². The molecule has 2 aliphatic carbocycles. The Bertz CT molecular complexity index is 2040. The maximum atomic E-state index is 14.5. The number of hydrogen-bond acceptors (Lipinski definition) is 8. The third-order valence-corrected chi connectivity index (χ3v) is 10.8. The molecule has 4 atom stereocenters. The molecule has 210 valence electrons. The van der Waals surface area contributed by atoms with Gasteiger partial charge in [0.1, 0.15) is 16.8 Å². The number of amides is 2. The van der Waals surface area contributed by atoms with Crippen LogP contribution in [0.25, 0.3) is 16.3 Å². The van der Waals surface area contributed by atoms with Crippen molar-refractivity contribution in [1.82, 2.24) is 0 Å². The second-order valence-corrected chi connectivity index (χ2v) is 12.6. The molecule has 3 aliphatic heterocycles. The SMILES string of the molecule is N#Cc1c(N2C(=O)[C@@H]3[C@@H]4C(=O)Oc5ccc6ccccc6c5C4=C[C@H](c4ccc5c(c4)OCO5)[C@H]3C2=O)sc2c1CCC2. The Morgan fingerprint density at radius 2 is 1.72 bits per heavy atom. The lowest BCUT2D eigenvalue weighted by molar-refractivity contribution is -0.142. The zero-order chi connectivity index (χ0) is 29.0. The van der Waals surface area contributed by atoms with Crippen LogP contribution in [0.4, 0.5) is 5.00 Å². The number of hydrogen-bond donors (Lipinski definition) is 0. The topological polar surface area (TPSA) is 106 Å². The average molecular weight is 587 g/mol. The highest BCUT2D eigenvalue weighted by Gasteiger charge is 2.61. The Balaban J connectivity index is 1.27. The number of thiophene rings is 1. The van der Waals surface area contributed by atoms with E-state index in [1.807, 2.05) is 54.6 Å². The standard InChI is InChI=1S/C34H22N2O6S/c35-14-22-19-6-3-7-26(19)43-33(22)36-31(37)28-20(17-9-10-23-25(12-17)41-15-40-23)13-21-27-18-5-2-1-4-16(18)8-11-24(27)42-34(39)29(21)30(28)32(36)38/h1-2,4-5,8-13,20,28-30H,3,6-7,15H2/t20-,28-,29-,30+/m1/s1. The fraction of sp³-hybridized carbons (Fsp3) is 0.235. The zero-order valence-corrected chi connectivity index (χ0v) is 23.5. The number of fused-ring (bicyclic) bond motifs is 9. The number of rotatable bonds is 2. The van der Waals surface area contributed by atoms with E-state index in [0.717, 1.165) is 51.6 Å². The summed E-state index contributed by atoms with van der Waals surface area (Å²) in [6.07, 6.45) is 4.50. The van der Waals surface area contributed by atoms with Crippen LogP contribution < -0.4 is 19.1 Å². The summed E-state index contributed by atoms with van der Waals surface area (Å²) >= 11 is 1.35. The summed E-state index contributed by atoms with van der Waals surface area (Å²) in [6.45, 7) is 0.106. The minimum atomic E-state index is -0.994. The molecule has 0 N–H and O–H groups in total. The molecule has 43 heavy (non-hydrogen) atoms. The van der Waals surface area contributed by atoms with Crippen molar-refractivity contribution in [2.45, 2.75) is 25.2 Å². The van der Waals surface area contributed by atoms with Gasteiger partial charge in [-0.15, -0.1) is 11.3 Å². The third-order valence-electron chi connectivity index (χ3n) is 9.48. The molecule has 0 radical (unpaired) electrons. The van der Waals surface area contributed by atoms with Crippen molar-refractivity contribution in [2.24, 2.45) is 17.8 Å². The maximum absolute atomic E-state index is 14.5. The van der Waals surface area contributed by atoms with Gasteiger partial charge in [-0.1, -0.05) is 42.5 Å². The van der Waals surface area contributed by atoms with E-state index < -0.39 is 41.5 Å². The van der Waals surface area contributed by atoms with Gasteiger partial charge in [-0.25, -0.2) is 4.90 Å². The minimum absolute atomic E-state index is 0.106. The second kappa shape index (κ2) is 8.79. The summed E-state index contributed by atoms with van der Waals surface area (Å²) in [6, 6.07) is 19.4. The molecule has 8 nitrogen and oxygen atoms in total. The Morgan fingerprint density at radius 1 is 0.907 bits per heavy atom. The molecule has 2 amide bonds. The monoisotopic (exact) mass is 586 g/mol. The van der Waals surface area contributed by atoms with Crippen molar-refractivity contribution >= 4 is 50.5 Å². The van der Waals surface area contributed by atoms with E-state index in [-0.39, 0.29) is 6.79 Å². The smallest absolute Gasteiger partial charge is 0.319 e. The lowest BCUT2D eigenvalue weighted by Crippen LogP contribution is -2.42. The highest BCUT2D eigenvalue weighted by Crippen LogP contribution is 2.57. The lowest BCUT2D eigenvalue weighted by atomic mass is 9.64.